The van der Waals surface area contributed by atoms with Gasteiger partial charge in [-0.25, -0.2) is 4.39 Å². The van der Waals surface area contributed by atoms with E-state index in [-0.39, 0.29) is 18.0 Å². The van der Waals surface area contributed by atoms with E-state index in [1.165, 1.54) is 12.1 Å². The normalized spacial score (nSPS) is 9.50. The molecular weight excluding hydrogens is 189 g/mol. The number of halogens is 1. The molecule has 0 unspecified atom stereocenters. The van der Waals surface area contributed by atoms with E-state index >= 15 is 0 Å². The van der Waals surface area contributed by atoms with Gasteiger partial charge in [0.2, 0.25) is 0 Å². The first kappa shape index (κ1) is 10.2. The minimum Gasteiger partial charge on any atom is -0.483 e. The molecule has 0 bridgehead atoms. The predicted octanol–water partition coefficient (Wildman–Crippen LogP) is 2.30. The Bertz CT molecular complexity index is 365. The second-order valence-corrected chi connectivity index (χ2v) is 2.47. The maximum atomic E-state index is 12.6. The molecular formula is C9H8FNO3. The summed E-state index contributed by atoms with van der Waals surface area (Å²) >= 11 is 0. The van der Waals surface area contributed by atoms with Crippen molar-refractivity contribution in [3.05, 3.63) is 46.8 Å². The first-order valence-electron chi connectivity index (χ1n) is 3.83. The predicted molar refractivity (Wildman–Crippen MR) is 48.7 cm³/mol. The third-order valence-electron chi connectivity index (χ3n) is 1.47. The van der Waals surface area contributed by atoms with Gasteiger partial charge in [0, 0.05) is 0 Å². The second kappa shape index (κ2) is 4.36. The van der Waals surface area contributed by atoms with Gasteiger partial charge in [0.15, 0.2) is 5.75 Å². The van der Waals surface area contributed by atoms with Crippen LogP contribution in [0.3, 0.4) is 0 Å². The molecule has 74 valence electrons. The standard InChI is InChI=1S/C9H8FNO3/c1-2-5-14-9-4-3-7(10)6-8(9)11(12)13/h2-4,6H,1,5H2. The maximum Gasteiger partial charge on any atom is 0.313 e. The van der Waals surface area contributed by atoms with Crippen molar-refractivity contribution in [1.82, 2.24) is 0 Å². The van der Waals surface area contributed by atoms with Gasteiger partial charge < -0.3 is 4.74 Å². The Labute approximate surface area is 79.8 Å². The SMILES string of the molecule is C=CCOc1ccc(F)cc1[N+](=O)[O-]. The van der Waals surface area contributed by atoms with E-state index in [1.54, 1.807) is 0 Å². The van der Waals surface area contributed by atoms with Crippen LogP contribution in [0, 0.1) is 15.9 Å². The van der Waals surface area contributed by atoms with Crippen molar-refractivity contribution in [1.29, 1.82) is 0 Å². The van der Waals surface area contributed by atoms with Gasteiger partial charge in [0.05, 0.1) is 11.0 Å². The minimum absolute atomic E-state index is 0.0382. The van der Waals surface area contributed by atoms with E-state index in [2.05, 4.69) is 6.58 Å². The average molecular weight is 197 g/mol. The quantitative estimate of drug-likeness (QED) is 0.422. The number of rotatable bonds is 4. The monoisotopic (exact) mass is 197 g/mol. The van der Waals surface area contributed by atoms with Crippen LogP contribution in [0.15, 0.2) is 30.9 Å². The molecule has 0 aliphatic carbocycles. The van der Waals surface area contributed by atoms with Gasteiger partial charge in [-0.3, -0.25) is 10.1 Å². The van der Waals surface area contributed by atoms with E-state index in [4.69, 9.17) is 4.74 Å². The Morgan fingerprint density at radius 2 is 2.36 bits per heavy atom. The summed E-state index contributed by atoms with van der Waals surface area (Å²) in [5.41, 5.74) is -0.383. The summed E-state index contributed by atoms with van der Waals surface area (Å²) < 4.78 is 17.6. The second-order valence-electron chi connectivity index (χ2n) is 2.47. The number of nitro groups is 1. The highest BCUT2D eigenvalue weighted by Crippen LogP contribution is 2.27. The molecule has 0 atom stereocenters. The van der Waals surface area contributed by atoms with Crippen LogP contribution in [0.25, 0.3) is 0 Å². The number of nitrogens with zero attached hydrogens (tertiary/aromatic N) is 1. The summed E-state index contributed by atoms with van der Waals surface area (Å²) in [5.74, 6) is -0.626. The molecule has 0 aliphatic rings. The van der Waals surface area contributed by atoms with Gasteiger partial charge in [0.25, 0.3) is 0 Å². The highest BCUT2D eigenvalue weighted by atomic mass is 19.1. The Balaban J connectivity index is 3.01. The van der Waals surface area contributed by atoms with Crippen molar-refractivity contribution in [2.45, 2.75) is 0 Å². The van der Waals surface area contributed by atoms with Gasteiger partial charge in [-0.05, 0) is 12.1 Å². The summed E-state index contributed by atoms with van der Waals surface area (Å²) in [6, 6.07) is 3.14. The van der Waals surface area contributed by atoms with Gasteiger partial charge in [0.1, 0.15) is 12.4 Å². The molecule has 0 heterocycles. The number of hydrogen-bond acceptors (Lipinski definition) is 3. The van der Waals surface area contributed by atoms with Gasteiger partial charge in [-0.15, -0.1) is 0 Å². The molecule has 0 saturated heterocycles. The van der Waals surface area contributed by atoms with Crippen LogP contribution in [-0.4, -0.2) is 11.5 Å². The summed E-state index contributed by atoms with van der Waals surface area (Å²) in [6.45, 7) is 3.54. The number of benzene rings is 1. The summed E-state index contributed by atoms with van der Waals surface area (Å²) in [7, 11) is 0. The molecule has 0 radical (unpaired) electrons. The average Bonchev–Trinajstić information content (AvgIpc) is 2.15. The van der Waals surface area contributed by atoms with E-state index in [0.29, 0.717) is 0 Å². The van der Waals surface area contributed by atoms with Crippen molar-refractivity contribution < 1.29 is 14.1 Å². The van der Waals surface area contributed by atoms with Crippen LogP contribution >= 0.6 is 0 Å². The van der Waals surface area contributed by atoms with Gasteiger partial charge in [-0.2, -0.15) is 0 Å². The van der Waals surface area contributed by atoms with Crippen LogP contribution < -0.4 is 4.74 Å². The van der Waals surface area contributed by atoms with E-state index < -0.39 is 10.7 Å². The van der Waals surface area contributed by atoms with Gasteiger partial charge in [-0.1, -0.05) is 12.7 Å². The molecule has 0 spiro atoms. The molecule has 1 aromatic carbocycles. The Morgan fingerprint density at radius 1 is 1.64 bits per heavy atom. The maximum absolute atomic E-state index is 12.6. The largest absolute Gasteiger partial charge is 0.483 e. The minimum atomic E-state index is -0.693. The van der Waals surface area contributed by atoms with Crippen LogP contribution in [-0.2, 0) is 0 Å². The molecule has 0 amide bonds. The number of nitro benzene ring substituents is 1. The smallest absolute Gasteiger partial charge is 0.313 e. The van der Waals surface area contributed by atoms with Crippen LogP contribution in [0.1, 0.15) is 0 Å². The third-order valence-corrected chi connectivity index (χ3v) is 1.47. The molecule has 0 saturated carbocycles. The lowest BCUT2D eigenvalue weighted by Crippen LogP contribution is -1.98. The van der Waals surface area contributed by atoms with Gasteiger partial charge >= 0.3 is 5.69 Å². The van der Waals surface area contributed by atoms with Crippen molar-refractivity contribution >= 4 is 5.69 Å². The van der Waals surface area contributed by atoms with E-state index in [1.807, 2.05) is 0 Å². The van der Waals surface area contributed by atoms with Crippen molar-refractivity contribution in [2.75, 3.05) is 6.61 Å². The van der Waals surface area contributed by atoms with Crippen molar-refractivity contribution in [3.8, 4) is 5.75 Å². The van der Waals surface area contributed by atoms with Crippen LogP contribution in [0.4, 0.5) is 10.1 Å². The lowest BCUT2D eigenvalue weighted by molar-refractivity contribution is -0.386. The molecule has 0 fully saturated rings. The molecule has 0 aromatic heterocycles. The fraction of sp³-hybridized carbons (Fsp3) is 0.111. The molecule has 5 heteroatoms. The molecule has 0 aliphatic heterocycles. The number of ether oxygens (including phenoxy) is 1. The zero-order chi connectivity index (χ0) is 10.6. The third kappa shape index (κ3) is 2.29. The summed E-state index contributed by atoms with van der Waals surface area (Å²) in [4.78, 5) is 9.78. The number of hydrogen-bond donors (Lipinski definition) is 0. The first-order chi connectivity index (χ1) is 6.65. The molecule has 4 nitrogen and oxygen atoms in total. The Kier molecular flexibility index (Phi) is 3.17. The van der Waals surface area contributed by atoms with Crippen LogP contribution in [0.5, 0.6) is 5.75 Å². The molecule has 1 aromatic rings. The fourth-order valence-corrected chi connectivity index (χ4v) is 0.904. The van der Waals surface area contributed by atoms with Crippen LogP contribution in [0.2, 0.25) is 0 Å². The van der Waals surface area contributed by atoms with E-state index in [0.717, 1.165) is 12.1 Å². The lowest BCUT2D eigenvalue weighted by atomic mass is 10.3. The highest BCUT2D eigenvalue weighted by molar-refractivity contribution is 5.46. The molecule has 0 N–H and O–H groups in total. The highest BCUT2D eigenvalue weighted by Gasteiger charge is 2.15. The zero-order valence-electron chi connectivity index (χ0n) is 7.27. The lowest BCUT2D eigenvalue weighted by Gasteiger charge is -2.03. The Hall–Kier alpha value is -1.91. The first-order valence-corrected chi connectivity index (χ1v) is 3.83. The topological polar surface area (TPSA) is 52.4 Å². The molecule has 1 rings (SSSR count). The van der Waals surface area contributed by atoms with Crippen molar-refractivity contribution in [3.63, 3.8) is 0 Å². The summed E-state index contributed by atoms with van der Waals surface area (Å²) in [6.07, 6.45) is 1.45. The Morgan fingerprint density at radius 3 is 2.93 bits per heavy atom. The molecule has 14 heavy (non-hydrogen) atoms. The van der Waals surface area contributed by atoms with E-state index in [9.17, 15) is 14.5 Å². The fourth-order valence-electron chi connectivity index (χ4n) is 0.904. The summed E-state index contributed by atoms with van der Waals surface area (Å²) in [5, 5.41) is 10.5. The zero-order valence-corrected chi connectivity index (χ0v) is 7.27. The van der Waals surface area contributed by atoms with Crippen molar-refractivity contribution in [2.24, 2.45) is 0 Å².